The van der Waals surface area contributed by atoms with Crippen LogP contribution in [0.4, 0.5) is 26.3 Å². The molecule has 0 aliphatic carbocycles. The van der Waals surface area contributed by atoms with Gasteiger partial charge in [0.25, 0.3) is 10.1 Å². The van der Waals surface area contributed by atoms with Crippen molar-refractivity contribution >= 4 is 10.1 Å². The van der Waals surface area contributed by atoms with Gasteiger partial charge in [0.2, 0.25) is 0 Å². The molecule has 0 aliphatic rings. The molecule has 0 amide bonds. The Balaban J connectivity index is 4.94. The Morgan fingerprint density at radius 3 is 1.87 bits per heavy atom. The monoisotopic (exact) mass is 258 g/mol. The summed E-state index contributed by atoms with van der Waals surface area (Å²) in [6, 6.07) is 0. The van der Waals surface area contributed by atoms with Crippen molar-refractivity contribution in [2.45, 2.75) is 12.1 Å². The molecule has 0 unspecified atom stereocenters. The molecule has 0 aliphatic heterocycles. The first kappa shape index (κ1) is 14.2. The number of hydrogen-bond donors (Lipinski definition) is 1. The van der Waals surface area contributed by atoms with Gasteiger partial charge in [0.05, 0.1) is 5.75 Å². The molecular weight excluding hydrogens is 254 g/mol. The van der Waals surface area contributed by atoms with Crippen molar-refractivity contribution in [3.8, 4) is 0 Å². The van der Waals surface area contributed by atoms with Gasteiger partial charge >= 0.3 is 12.1 Å². The normalized spacial score (nSPS) is 15.5. The van der Waals surface area contributed by atoms with Gasteiger partial charge in [-0.3, -0.25) is 4.55 Å². The summed E-state index contributed by atoms with van der Waals surface area (Å²) in [7, 11) is -4.84. The van der Waals surface area contributed by atoms with Gasteiger partial charge in [0.15, 0.2) is 5.83 Å². The van der Waals surface area contributed by atoms with E-state index in [-0.39, 0.29) is 0 Å². The van der Waals surface area contributed by atoms with Crippen LogP contribution in [0.3, 0.4) is 0 Å². The van der Waals surface area contributed by atoms with Gasteiger partial charge < -0.3 is 0 Å². The van der Waals surface area contributed by atoms with Crippen molar-refractivity contribution in [2.75, 3.05) is 5.75 Å². The van der Waals surface area contributed by atoms with Crippen molar-refractivity contribution in [2.24, 2.45) is 0 Å². The van der Waals surface area contributed by atoms with Gasteiger partial charge in [-0.1, -0.05) is 0 Å². The van der Waals surface area contributed by atoms with Crippen LogP contribution in [0.2, 0.25) is 0 Å². The van der Waals surface area contributed by atoms with Crippen molar-refractivity contribution < 1.29 is 39.3 Å². The SMILES string of the molecule is O=S(=O)(O)CC=C(F)C(F)(F)C(F)(F)F. The van der Waals surface area contributed by atoms with E-state index in [2.05, 4.69) is 0 Å². The third-order valence-corrected chi connectivity index (χ3v) is 1.72. The molecule has 0 radical (unpaired) electrons. The third-order valence-electron chi connectivity index (χ3n) is 1.13. The van der Waals surface area contributed by atoms with Crippen LogP contribution < -0.4 is 0 Å². The van der Waals surface area contributed by atoms with Crippen LogP contribution in [-0.4, -0.2) is 30.8 Å². The summed E-state index contributed by atoms with van der Waals surface area (Å²) >= 11 is 0. The number of allylic oxidation sites excluding steroid dienone is 1. The average molecular weight is 258 g/mol. The molecule has 10 heteroatoms. The summed E-state index contributed by atoms with van der Waals surface area (Å²) in [6.07, 6.45) is -6.71. The minimum absolute atomic E-state index is 0.553. The van der Waals surface area contributed by atoms with Gasteiger partial charge in [-0.25, -0.2) is 4.39 Å². The Hall–Kier alpha value is -0.770. The van der Waals surface area contributed by atoms with E-state index in [0.29, 0.717) is 0 Å². The molecule has 3 nitrogen and oxygen atoms in total. The smallest absolute Gasteiger partial charge is 0.285 e. The molecule has 0 aromatic heterocycles. The van der Waals surface area contributed by atoms with Gasteiger partial charge in [-0.15, -0.1) is 0 Å². The zero-order valence-corrected chi connectivity index (χ0v) is 7.54. The van der Waals surface area contributed by atoms with Crippen molar-refractivity contribution in [1.29, 1.82) is 0 Å². The molecule has 0 saturated heterocycles. The zero-order valence-electron chi connectivity index (χ0n) is 6.72. The fraction of sp³-hybridized carbons (Fsp3) is 0.600. The van der Waals surface area contributed by atoms with E-state index >= 15 is 0 Å². The molecule has 0 atom stereocenters. The van der Waals surface area contributed by atoms with E-state index in [1.165, 1.54) is 0 Å². The fourth-order valence-corrected chi connectivity index (χ4v) is 0.799. The predicted octanol–water partition coefficient (Wildman–Crippen LogP) is 1.93. The molecule has 0 spiro atoms. The van der Waals surface area contributed by atoms with Crippen molar-refractivity contribution in [3.63, 3.8) is 0 Å². The van der Waals surface area contributed by atoms with Gasteiger partial charge in [-0.05, 0) is 6.08 Å². The molecule has 0 heterocycles. The van der Waals surface area contributed by atoms with Gasteiger partial charge in [0, 0.05) is 0 Å². The standard InChI is InChI=1S/C5H4F6O3S/c6-3(1-2-15(12,13)14)4(7,8)5(9,10)11/h1H,2H2,(H,12,13,14). The van der Waals surface area contributed by atoms with Crippen molar-refractivity contribution in [1.82, 2.24) is 0 Å². The second kappa shape index (κ2) is 4.00. The van der Waals surface area contributed by atoms with Crippen LogP contribution in [0.15, 0.2) is 11.9 Å². The lowest BCUT2D eigenvalue weighted by Gasteiger charge is -2.17. The molecule has 0 fully saturated rings. The van der Waals surface area contributed by atoms with E-state index in [4.69, 9.17) is 4.55 Å². The van der Waals surface area contributed by atoms with E-state index in [1.54, 1.807) is 0 Å². The second-order valence-corrected chi connectivity index (χ2v) is 3.87. The number of alkyl halides is 5. The lowest BCUT2D eigenvalue weighted by molar-refractivity contribution is -0.270. The van der Waals surface area contributed by atoms with Crippen LogP contribution in [-0.2, 0) is 10.1 Å². The summed E-state index contributed by atoms with van der Waals surface area (Å²) in [5, 5.41) is 0. The van der Waals surface area contributed by atoms with E-state index < -0.39 is 39.9 Å². The largest absolute Gasteiger partial charge is 0.460 e. The van der Waals surface area contributed by atoms with Crippen molar-refractivity contribution in [3.05, 3.63) is 11.9 Å². The maximum atomic E-state index is 12.2. The zero-order chi connectivity index (χ0) is 12.5. The number of rotatable bonds is 3. The molecule has 0 rings (SSSR count). The van der Waals surface area contributed by atoms with Crippen LogP contribution in [0.25, 0.3) is 0 Å². The Bertz CT molecular complexity index is 353. The minimum Gasteiger partial charge on any atom is -0.285 e. The third kappa shape index (κ3) is 4.08. The molecule has 0 saturated carbocycles. The topological polar surface area (TPSA) is 54.4 Å². The highest BCUT2D eigenvalue weighted by Crippen LogP contribution is 2.41. The predicted molar refractivity (Wildman–Crippen MR) is 36.6 cm³/mol. The summed E-state index contributed by atoms with van der Waals surface area (Å²) < 4.78 is 98.5. The average Bonchev–Trinajstić information content (AvgIpc) is 1.96. The lowest BCUT2D eigenvalue weighted by atomic mass is 10.3. The van der Waals surface area contributed by atoms with Gasteiger partial charge in [-0.2, -0.15) is 30.4 Å². The molecule has 0 aromatic rings. The van der Waals surface area contributed by atoms with Crippen LogP contribution in [0.1, 0.15) is 0 Å². The highest BCUT2D eigenvalue weighted by molar-refractivity contribution is 7.85. The molecule has 0 aromatic carbocycles. The molecule has 15 heavy (non-hydrogen) atoms. The molecule has 1 N–H and O–H groups in total. The van der Waals surface area contributed by atoms with Crippen LogP contribution in [0, 0.1) is 0 Å². The first-order valence-corrected chi connectivity index (χ1v) is 4.74. The maximum absolute atomic E-state index is 12.2. The Morgan fingerprint density at radius 1 is 1.20 bits per heavy atom. The molecule has 90 valence electrons. The maximum Gasteiger partial charge on any atom is 0.460 e. The van der Waals surface area contributed by atoms with E-state index in [9.17, 15) is 34.8 Å². The molecular formula is C5H4F6O3S. The van der Waals surface area contributed by atoms with E-state index in [0.717, 1.165) is 0 Å². The van der Waals surface area contributed by atoms with Gasteiger partial charge in [0.1, 0.15) is 0 Å². The Kier molecular flexibility index (Phi) is 3.80. The highest BCUT2D eigenvalue weighted by Gasteiger charge is 2.61. The fourth-order valence-electron chi connectivity index (χ4n) is 0.442. The first-order chi connectivity index (χ1) is 6.38. The quantitative estimate of drug-likeness (QED) is 0.621. The van der Waals surface area contributed by atoms with Crippen LogP contribution >= 0.6 is 0 Å². The number of halogens is 6. The summed E-state index contributed by atoms with van der Waals surface area (Å²) in [5.74, 6) is -10.4. The van der Waals surface area contributed by atoms with E-state index in [1.807, 2.05) is 0 Å². The highest BCUT2D eigenvalue weighted by atomic mass is 32.2. The summed E-state index contributed by atoms with van der Waals surface area (Å²) in [5.41, 5.74) is 0. The minimum atomic E-state index is -6.16. The Morgan fingerprint density at radius 2 is 1.60 bits per heavy atom. The number of hydrogen-bond acceptors (Lipinski definition) is 2. The summed E-state index contributed by atoms with van der Waals surface area (Å²) in [6.45, 7) is 0. The Labute approximate surface area is 80.1 Å². The van der Waals surface area contributed by atoms with Crippen LogP contribution in [0.5, 0.6) is 0 Å². The first-order valence-electron chi connectivity index (χ1n) is 3.14. The summed E-state index contributed by atoms with van der Waals surface area (Å²) in [4.78, 5) is 0. The lowest BCUT2D eigenvalue weighted by Crippen LogP contribution is -2.37. The molecule has 0 bridgehead atoms. The second-order valence-electron chi connectivity index (χ2n) is 2.37.